The molecule has 2 unspecified atom stereocenters. The van der Waals surface area contributed by atoms with Gasteiger partial charge in [0.2, 0.25) is 5.76 Å². The lowest BCUT2D eigenvalue weighted by Gasteiger charge is -2.33. The van der Waals surface area contributed by atoms with Gasteiger partial charge in [-0.1, -0.05) is 23.1 Å². The van der Waals surface area contributed by atoms with Crippen LogP contribution in [0.15, 0.2) is 35.1 Å². The number of carbonyl (C=O) groups excluding carboxylic acids is 1. The zero-order chi connectivity index (χ0) is 25.1. The first kappa shape index (κ1) is 23.5. The largest absolute Gasteiger partial charge is 0.435 e. The molecule has 4 aromatic rings. The highest BCUT2D eigenvalue weighted by Crippen LogP contribution is 2.39. The van der Waals surface area contributed by atoms with Crippen LogP contribution in [0.2, 0.25) is 0 Å². The fourth-order valence-corrected chi connectivity index (χ4v) is 4.50. The summed E-state index contributed by atoms with van der Waals surface area (Å²) in [7, 11) is 1.95. The van der Waals surface area contributed by atoms with Crippen molar-refractivity contribution in [3.8, 4) is 0 Å². The third-order valence-corrected chi connectivity index (χ3v) is 6.23. The van der Waals surface area contributed by atoms with Gasteiger partial charge in [0.25, 0.3) is 5.91 Å². The van der Waals surface area contributed by atoms with Gasteiger partial charge in [-0.05, 0) is 18.2 Å². The molecule has 0 aromatic carbocycles. The Labute approximate surface area is 198 Å². The average molecular weight is 508 g/mol. The van der Waals surface area contributed by atoms with Crippen molar-refractivity contribution in [3.63, 3.8) is 0 Å². The summed E-state index contributed by atoms with van der Waals surface area (Å²) in [5.74, 6) is -2.51. The summed E-state index contributed by atoms with van der Waals surface area (Å²) < 4.78 is 61.9. The van der Waals surface area contributed by atoms with Gasteiger partial charge in [0.05, 0.1) is 28.8 Å². The number of nitrogens with zero attached hydrogens (tertiary/aromatic N) is 5. The van der Waals surface area contributed by atoms with Gasteiger partial charge in [0, 0.05) is 30.8 Å². The Bertz CT molecular complexity index is 1410. The smallest absolute Gasteiger partial charge is 0.418 e. The Hall–Kier alpha value is -3.27. The Morgan fingerprint density at radius 2 is 2.11 bits per heavy atom. The molecule has 0 radical (unpaired) electrons. The monoisotopic (exact) mass is 508 g/mol. The molecule has 0 spiro atoms. The number of fused-ring (bicyclic) bond motifs is 2. The van der Waals surface area contributed by atoms with Gasteiger partial charge >= 0.3 is 6.18 Å². The van der Waals surface area contributed by atoms with Crippen LogP contribution in [0.25, 0.3) is 5.52 Å². The summed E-state index contributed by atoms with van der Waals surface area (Å²) >= 11 is 0. The fourth-order valence-electron chi connectivity index (χ4n) is 4.27. The molecule has 0 bridgehead atoms. The lowest BCUT2D eigenvalue weighted by Crippen LogP contribution is -2.41. The summed E-state index contributed by atoms with van der Waals surface area (Å²) in [6.07, 6.45) is -1.31. The summed E-state index contributed by atoms with van der Waals surface area (Å²) in [5.41, 5.74) is 0.232. The van der Waals surface area contributed by atoms with Gasteiger partial charge in [0.1, 0.15) is 11.7 Å². The standard InChI is InChI=1S/C22H21F4N6O2P/c1-10(2)20-29-16(19(23)35)18(34-20)21(33)31-7-5-12-15(28-9-27-12)17(31)13-8-14-11(22(24,25)26)4-3-6-32(14)30-13/h3-4,6,8-10,17,19H,5,7,35H2,1-2H3,(H,27,28)/t17-,19?/m0/s1. The number of halogens is 4. The number of hydrogen-bond acceptors (Lipinski definition) is 5. The zero-order valence-electron chi connectivity index (χ0n) is 18.7. The summed E-state index contributed by atoms with van der Waals surface area (Å²) in [4.78, 5) is 26.6. The molecular weight excluding hydrogens is 487 g/mol. The molecule has 1 aliphatic heterocycles. The van der Waals surface area contributed by atoms with Crippen LogP contribution in [-0.2, 0) is 12.6 Å². The van der Waals surface area contributed by atoms with E-state index in [1.54, 1.807) is 13.8 Å². The highest BCUT2D eigenvalue weighted by Gasteiger charge is 2.40. The number of hydrogen-bond donors (Lipinski definition) is 1. The number of imidazole rings is 1. The second kappa shape index (κ2) is 8.44. The molecule has 0 aliphatic carbocycles. The van der Waals surface area contributed by atoms with Crippen LogP contribution in [0, 0.1) is 0 Å². The van der Waals surface area contributed by atoms with Gasteiger partial charge in [-0.15, -0.1) is 0 Å². The number of rotatable bonds is 4. The van der Waals surface area contributed by atoms with Crippen molar-refractivity contribution in [1.82, 2.24) is 29.5 Å². The van der Waals surface area contributed by atoms with Crippen LogP contribution < -0.4 is 0 Å². The highest BCUT2D eigenvalue weighted by molar-refractivity contribution is 7.16. The Kier molecular flexibility index (Phi) is 5.66. The fraction of sp³-hybridized carbons (Fsp3) is 0.364. The molecule has 1 aliphatic rings. The second-order valence-electron chi connectivity index (χ2n) is 8.56. The minimum atomic E-state index is -4.59. The molecule has 35 heavy (non-hydrogen) atoms. The Balaban J connectivity index is 1.64. The topological polar surface area (TPSA) is 92.3 Å². The first-order chi connectivity index (χ1) is 16.6. The van der Waals surface area contributed by atoms with E-state index in [4.69, 9.17) is 4.42 Å². The highest BCUT2D eigenvalue weighted by atomic mass is 31.0. The molecule has 5 rings (SSSR count). The molecule has 5 heterocycles. The van der Waals surface area contributed by atoms with Crippen molar-refractivity contribution in [2.24, 2.45) is 0 Å². The molecule has 8 nitrogen and oxygen atoms in total. The molecule has 1 N–H and O–H groups in total. The molecule has 0 fully saturated rings. The number of pyridine rings is 1. The van der Waals surface area contributed by atoms with E-state index in [0.29, 0.717) is 12.1 Å². The summed E-state index contributed by atoms with van der Waals surface area (Å²) in [6, 6.07) is 2.61. The average Bonchev–Trinajstić information content (AvgIpc) is 3.54. The maximum atomic E-state index is 14.3. The number of oxazole rings is 1. The summed E-state index contributed by atoms with van der Waals surface area (Å²) in [6.45, 7) is 3.78. The Morgan fingerprint density at radius 3 is 2.80 bits per heavy atom. The van der Waals surface area contributed by atoms with E-state index < -0.39 is 29.6 Å². The SMILES string of the molecule is CC(C)c1nc(C(F)P)c(C(=O)N2CCc3[nH]cnc3[C@@H]2c2cc3c(C(F)(F)F)cccn3n2)o1. The third kappa shape index (κ3) is 3.99. The first-order valence-corrected chi connectivity index (χ1v) is 11.5. The molecule has 1 amide bonds. The molecule has 3 atom stereocenters. The Morgan fingerprint density at radius 1 is 1.34 bits per heavy atom. The van der Waals surface area contributed by atoms with Crippen molar-refractivity contribution in [2.45, 2.75) is 44.3 Å². The van der Waals surface area contributed by atoms with Gasteiger partial charge < -0.3 is 14.3 Å². The van der Waals surface area contributed by atoms with E-state index in [0.717, 1.165) is 16.3 Å². The minimum Gasteiger partial charge on any atom is -0.435 e. The van der Waals surface area contributed by atoms with Gasteiger partial charge in [-0.2, -0.15) is 18.3 Å². The molecular formula is C22H21F4N6O2P. The normalized spacial score (nSPS) is 17.3. The van der Waals surface area contributed by atoms with Crippen molar-refractivity contribution in [2.75, 3.05) is 6.54 Å². The number of nitrogens with one attached hydrogen (secondary N) is 1. The summed E-state index contributed by atoms with van der Waals surface area (Å²) in [5, 5.41) is 4.35. The van der Waals surface area contributed by atoms with E-state index in [1.807, 2.05) is 9.24 Å². The number of alkyl halides is 4. The lowest BCUT2D eigenvalue weighted by atomic mass is 9.99. The van der Waals surface area contributed by atoms with Crippen LogP contribution >= 0.6 is 9.24 Å². The maximum absolute atomic E-state index is 14.3. The number of aromatic nitrogens is 5. The van der Waals surface area contributed by atoms with Gasteiger partial charge in [0.15, 0.2) is 11.8 Å². The lowest BCUT2D eigenvalue weighted by molar-refractivity contribution is -0.136. The molecule has 0 saturated carbocycles. The number of amides is 1. The van der Waals surface area contributed by atoms with E-state index in [2.05, 4.69) is 20.1 Å². The van der Waals surface area contributed by atoms with Crippen LogP contribution in [-0.4, -0.2) is 41.9 Å². The molecule has 4 aromatic heterocycles. The van der Waals surface area contributed by atoms with Crippen LogP contribution in [0.4, 0.5) is 17.6 Å². The second-order valence-corrected chi connectivity index (χ2v) is 9.14. The number of carbonyl (C=O) groups is 1. The van der Waals surface area contributed by atoms with Crippen molar-refractivity contribution >= 4 is 20.7 Å². The first-order valence-electron chi connectivity index (χ1n) is 10.8. The van der Waals surface area contributed by atoms with Gasteiger partial charge in [-0.3, -0.25) is 4.79 Å². The quantitative estimate of drug-likeness (QED) is 0.315. The van der Waals surface area contributed by atoms with Crippen LogP contribution in [0.1, 0.15) is 76.5 Å². The van der Waals surface area contributed by atoms with E-state index in [9.17, 15) is 22.4 Å². The van der Waals surface area contributed by atoms with Crippen molar-refractivity contribution in [1.29, 1.82) is 0 Å². The van der Waals surface area contributed by atoms with E-state index in [1.165, 1.54) is 29.6 Å². The number of aromatic amines is 1. The van der Waals surface area contributed by atoms with Crippen LogP contribution in [0.5, 0.6) is 0 Å². The van der Waals surface area contributed by atoms with Crippen molar-refractivity contribution < 1.29 is 26.8 Å². The zero-order valence-corrected chi connectivity index (χ0v) is 19.8. The van der Waals surface area contributed by atoms with E-state index in [-0.39, 0.29) is 41.0 Å². The predicted molar refractivity (Wildman–Crippen MR) is 120 cm³/mol. The van der Waals surface area contributed by atoms with Crippen molar-refractivity contribution in [3.05, 3.63) is 70.7 Å². The predicted octanol–water partition coefficient (Wildman–Crippen LogP) is 4.82. The molecule has 0 saturated heterocycles. The third-order valence-electron chi connectivity index (χ3n) is 5.91. The van der Waals surface area contributed by atoms with E-state index >= 15 is 0 Å². The van der Waals surface area contributed by atoms with Crippen LogP contribution in [0.3, 0.4) is 0 Å². The number of H-pyrrole nitrogens is 1. The minimum absolute atomic E-state index is 0.148. The molecule has 13 heteroatoms. The maximum Gasteiger partial charge on any atom is 0.418 e. The molecule has 184 valence electrons. The van der Waals surface area contributed by atoms with Gasteiger partial charge in [-0.25, -0.2) is 18.9 Å².